The fourth-order valence-corrected chi connectivity index (χ4v) is 1.73. The quantitative estimate of drug-likeness (QED) is 0.657. The van der Waals surface area contributed by atoms with Gasteiger partial charge in [0.1, 0.15) is 0 Å². The van der Waals surface area contributed by atoms with E-state index in [9.17, 15) is 0 Å². The van der Waals surface area contributed by atoms with Crippen molar-refractivity contribution in [3.8, 4) is 0 Å². The molecule has 0 aliphatic carbocycles. The molecule has 2 heteroatoms. The molecule has 0 aromatic rings. The monoisotopic (exact) mass is 157 g/mol. The van der Waals surface area contributed by atoms with Crippen molar-refractivity contribution in [2.75, 3.05) is 26.2 Å². The van der Waals surface area contributed by atoms with Crippen LogP contribution in [0.3, 0.4) is 0 Å². The first-order valence-electron chi connectivity index (χ1n) is 4.55. The Hall–Kier alpha value is -0.0800. The van der Waals surface area contributed by atoms with Crippen LogP contribution in [-0.4, -0.2) is 36.2 Å². The van der Waals surface area contributed by atoms with Gasteiger partial charge in [-0.2, -0.15) is 0 Å². The topological polar surface area (TPSA) is 23.5 Å². The molecule has 1 fully saturated rings. The van der Waals surface area contributed by atoms with Crippen LogP contribution in [-0.2, 0) is 0 Å². The summed E-state index contributed by atoms with van der Waals surface area (Å²) >= 11 is 0. The van der Waals surface area contributed by atoms with Crippen LogP contribution in [0.4, 0.5) is 0 Å². The van der Waals surface area contributed by atoms with Crippen LogP contribution in [0.25, 0.3) is 0 Å². The van der Waals surface area contributed by atoms with Crippen LogP contribution < -0.4 is 0 Å². The van der Waals surface area contributed by atoms with Gasteiger partial charge in [-0.15, -0.1) is 0 Å². The van der Waals surface area contributed by atoms with Gasteiger partial charge in [0.15, 0.2) is 0 Å². The van der Waals surface area contributed by atoms with Gasteiger partial charge < -0.3 is 10.0 Å². The van der Waals surface area contributed by atoms with Gasteiger partial charge in [-0.3, -0.25) is 0 Å². The van der Waals surface area contributed by atoms with E-state index in [1.807, 2.05) is 0 Å². The van der Waals surface area contributed by atoms with Gasteiger partial charge in [0.25, 0.3) is 0 Å². The molecule has 0 saturated carbocycles. The fourth-order valence-electron chi connectivity index (χ4n) is 1.73. The maximum Gasteiger partial charge on any atom is 0.0434 e. The number of aliphatic hydroxyl groups excluding tert-OH is 1. The van der Waals surface area contributed by atoms with E-state index >= 15 is 0 Å². The molecular formula is C9H19NO. The summed E-state index contributed by atoms with van der Waals surface area (Å²) in [6.45, 7) is 8.52. The lowest BCUT2D eigenvalue weighted by Gasteiger charge is -2.38. The van der Waals surface area contributed by atoms with Crippen LogP contribution in [0.5, 0.6) is 0 Å². The molecule has 1 heterocycles. The highest BCUT2D eigenvalue weighted by Crippen LogP contribution is 2.16. The van der Waals surface area contributed by atoms with E-state index in [0.717, 1.165) is 12.3 Å². The third-order valence-electron chi connectivity index (χ3n) is 2.33. The lowest BCUT2D eigenvalue weighted by molar-refractivity contribution is 0.0893. The molecule has 1 rings (SSSR count). The number of hydrogen-bond acceptors (Lipinski definition) is 2. The van der Waals surface area contributed by atoms with E-state index in [-0.39, 0.29) is 0 Å². The maximum absolute atomic E-state index is 8.67. The van der Waals surface area contributed by atoms with Gasteiger partial charge >= 0.3 is 0 Å². The van der Waals surface area contributed by atoms with E-state index in [0.29, 0.717) is 12.5 Å². The van der Waals surface area contributed by atoms with E-state index in [1.165, 1.54) is 19.6 Å². The molecule has 1 atom stereocenters. The first-order chi connectivity index (χ1) is 5.22. The Balaban J connectivity index is 2.02. The second-order valence-electron chi connectivity index (χ2n) is 3.94. The van der Waals surface area contributed by atoms with Crippen LogP contribution >= 0.6 is 0 Å². The number of rotatable bonds is 4. The molecule has 0 bridgehead atoms. The number of nitrogens with zero attached hydrogens (tertiary/aromatic N) is 1. The predicted molar refractivity (Wildman–Crippen MR) is 46.5 cm³/mol. The van der Waals surface area contributed by atoms with E-state index < -0.39 is 0 Å². The molecule has 1 saturated heterocycles. The van der Waals surface area contributed by atoms with Crippen molar-refractivity contribution in [1.29, 1.82) is 0 Å². The molecule has 2 nitrogen and oxygen atoms in total. The second kappa shape index (κ2) is 4.07. The zero-order valence-electron chi connectivity index (χ0n) is 7.58. The first-order valence-corrected chi connectivity index (χ1v) is 4.55. The SMILES string of the molecule is CC(CCO)CN1CC(C)C1. The summed E-state index contributed by atoms with van der Waals surface area (Å²) < 4.78 is 0. The summed E-state index contributed by atoms with van der Waals surface area (Å²) in [6, 6.07) is 0. The van der Waals surface area contributed by atoms with Gasteiger partial charge in [0.05, 0.1) is 0 Å². The van der Waals surface area contributed by atoms with Gasteiger partial charge in [-0.25, -0.2) is 0 Å². The van der Waals surface area contributed by atoms with Crippen molar-refractivity contribution < 1.29 is 5.11 Å². The average Bonchev–Trinajstić information content (AvgIpc) is 1.85. The Morgan fingerprint density at radius 1 is 1.55 bits per heavy atom. The summed E-state index contributed by atoms with van der Waals surface area (Å²) in [7, 11) is 0. The molecule has 0 spiro atoms. The summed E-state index contributed by atoms with van der Waals surface area (Å²) in [5, 5.41) is 8.67. The third kappa shape index (κ3) is 2.80. The molecule has 0 aromatic carbocycles. The maximum atomic E-state index is 8.67. The summed E-state index contributed by atoms with van der Waals surface area (Å²) in [4.78, 5) is 2.46. The van der Waals surface area contributed by atoms with Crippen molar-refractivity contribution in [3.05, 3.63) is 0 Å². The zero-order chi connectivity index (χ0) is 8.27. The van der Waals surface area contributed by atoms with E-state index in [1.54, 1.807) is 0 Å². The van der Waals surface area contributed by atoms with Crippen LogP contribution in [0.15, 0.2) is 0 Å². The Kier molecular flexibility index (Phi) is 3.34. The second-order valence-corrected chi connectivity index (χ2v) is 3.94. The van der Waals surface area contributed by atoms with Gasteiger partial charge in [-0.1, -0.05) is 13.8 Å². The fraction of sp³-hybridized carbons (Fsp3) is 1.00. The van der Waals surface area contributed by atoms with Gasteiger partial charge in [-0.05, 0) is 18.3 Å². The molecule has 11 heavy (non-hydrogen) atoms. The Bertz CT molecular complexity index is 107. The van der Waals surface area contributed by atoms with Gasteiger partial charge in [0, 0.05) is 26.2 Å². The Labute approximate surface area is 69.2 Å². The van der Waals surface area contributed by atoms with E-state index in [2.05, 4.69) is 18.7 Å². The molecule has 1 unspecified atom stereocenters. The minimum Gasteiger partial charge on any atom is -0.396 e. The Morgan fingerprint density at radius 3 is 2.64 bits per heavy atom. The van der Waals surface area contributed by atoms with Crippen molar-refractivity contribution >= 4 is 0 Å². The smallest absolute Gasteiger partial charge is 0.0434 e. The van der Waals surface area contributed by atoms with Crippen molar-refractivity contribution in [2.45, 2.75) is 20.3 Å². The number of aliphatic hydroxyl groups is 1. The summed E-state index contributed by atoms with van der Waals surface area (Å²) in [5.74, 6) is 1.56. The highest BCUT2D eigenvalue weighted by Gasteiger charge is 2.22. The average molecular weight is 157 g/mol. The van der Waals surface area contributed by atoms with Crippen LogP contribution in [0.2, 0.25) is 0 Å². The molecule has 0 radical (unpaired) electrons. The third-order valence-corrected chi connectivity index (χ3v) is 2.33. The van der Waals surface area contributed by atoms with Crippen LogP contribution in [0, 0.1) is 11.8 Å². The summed E-state index contributed by atoms with van der Waals surface area (Å²) in [6.07, 6.45) is 0.949. The highest BCUT2D eigenvalue weighted by atomic mass is 16.3. The van der Waals surface area contributed by atoms with Crippen LogP contribution in [0.1, 0.15) is 20.3 Å². The lowest BCUT2D eigenvalue weighted by atomic mass is 9.99. The molecule has 0 amide bonds. The minimum absolute atomic E-state index is 0.338. The molecular weight excluding hydrogens is 138 g/mol. The zero-order valence-corrected chi connectivity index (χ0v) is 7.58. The first kappa shape index (κ1) is 9.01. The standard InChI is InChI=1S/C9H19NO/c1-8(3-4-11)5-10-6-9(2)7-10/h8-9,11H,3-7H2,1-2H3. The molecule has 1 aliphatic rings. The molecule has 66 valence electrons. The van der Waals surface area contributed by atoms with Gasteiger partial charge in [0.2, 0.25) is 0 Å². The highest BCUT2D eigenvalue weighted by molar-refractivity contribution is 4.77. The predicted octanol–water partition coefficient (Wildman–Crippen LogP) is 0.957. The minimum atomic E-state index is 0.338. The van der Waals surface area contributed by atoms with Crippen molar-refractivity contribution in [3.63, 3.8) is 0 Å². The van der Waals surface area contributed by atoms with Crippen molar-refractivity contribution in [2.24, 2.45) is 11.8 Å². The Morgan fingerprint density at radius 2 is 2.18 bits per heavy atom. The summed E-state index contributed by atoms with van der Waals surface area (Å²) in [5.41, 5.74) is 0. The lowest BCUT2D eigenvalue weighted by Crippen LogP contribution is -2.46. The van der Waals surface area contributed by atoms with Crippen molar-refractivity contribution in [1.82, 2.24) is 4.90 Å². The molecule has 0 aromatic heterocycles. The van der Waals surface area contributed by atoms with E-state index in [4.69, 9.17) is 5.11 Å². The number of likely N-dealkylation sites (tertiary alicyclic amines) is 1. The largest absolute Gasteiger partial charge is 0.396 e. The number of hydrogen-bond donors (Lipinski definition) is 1. The molecule has 1 N–H and O–H groups in total. The molecule has 1 aliphatic heterocycles. The normalized spacial score (nSPS) is 23.2.